The molecular weight excluding hydrogens is 450 g/mol. The Balaban J connectivity index is 1.33. The van der Waals surface area contributed by atoms with E-state index in [9.17, 15) is 0 Å². The van der Waals surface area contributed by atoms with Crippen LogP contribution < -0.4 is 10.1 Å². The van der Waals surface area contributed by atoms with Crippen LogP contribution >= 0.6 is 11.6 Å². The molecule has 5 rings (SSSR count). The highest BCUT2D eigenvalue weighted by atomic mass is 35.5. The molecule has 1 atom stereocenters. The zero-order valence-corrected chi connectivity index (χ0v) is 19.7. The van der Waals surface area contributed by atoms with Crippen molar-refractivity contribution in [3.8, 4) is 5.75 Å². The molecule has 1 aliphatic rings. The van der Waals surface area contributed by atoms with E-state index in [1.807, 2.05) is 56.4 Å². The number of aliphatic imine (C=N–C) groups is 1. The average Bonchev–Trinajstić information content (AvgIpc) is 3.23. The lowest BCUT2D eigenvalue weighted by atomic mass is 10.1. The molecule has 0 aliphatic carbocycles. The van der Waals surface area contributed by atoms with Gasteiger partial charge in [0, 0.05) is 35.5 Å². The molecule has 0 saturated carbocycles. The lowest BCUT2D eigenvalue weighted by molar-refractivity contribution is 0.241. The first-order valence-electron chi connectivity index (χ1n) is 11.1. The van der Waals surface area contributed by atoms with E-state index in [4.69, 9.17) is 21.1 Å². The van der Waals surface area contributed by atoms with Crippen molar-refractivity contribution in [1.82, 2.24) is 15.0 Å². The fourth-order valence-electron chi connectivity index (χ4n) is 3.81. The monoisotopic (exact) mass is 473 g/mol. The van der Waals surface area contributed by atoms with E-state index in [0.29, 0.717) is 36.2 Å². The summed E-state index contributed by atoms with van der Waals surface area (Å²) in [6.45, 7) is 5.13. The van der Waals surface area contributed by atoms with Gasteiger partial charge in [-0.3, -0.25) is 9.98 Å². The van der Waals surface area contributed by atoms with E-state index < -0.39 is 0 Å². The van der Waals surface area contributed by atoms with Crippen molar-refractivity contribution < 1.29 is 9.47 Å². The number of aromatic nitrogens is 3. The molecule has 1 N–H and O–H groups in total. The van der Waals surface area contributed by atoms with E-state index in [2.05, 4.69) is 31.3 Å². The van der Waals surface area contributed by atoms with Crippen LogP contribution in [-0.4, -0.2) is 33.5 Å². The molecule has 3 heterocycles. The third-order valence-corrected chi connectivity index (χ3v) is 5.73. The SMILES string of the molecule is Cc1cncc(COc2ccc(Nc3ncnc4ccc(CC5=NCC(C)O5)cc34)cc2Cl)c1. The number of nitrogens with one attached hydrogen (secondary N) is 1. The molecule has 0 fully saturated rings. The fraction of sp³-hybridized carbons (Fsp3) is 0.231. The molecule has 8 heteroatoms. The molecule has 34 heavy (non-hydrogen) atoms. The van der Waals surface area contributed by atoms with Gasteiger partial charge in [-0.05, 0) is 61.4 Å². The number of pyridine rings is 1. The number of anilines is 2. The minimum atomic E-state index is 0.140. The number of halogens is 1. The van der Waals surface area contributed by atoms with Gasteiger partial charge in [0.15, 0.2) is 5.90 Å². The third kappa shape index (κ3) is 5.10. The quantitative estimate of drug-likeness (QED) is 0.372. The lowest BCUT2D eigenvalue weighted by Gasteiger charge is -2.12. The zero-order valence-electron chi connectivity index (χ0n) is 19.0. The normalized spacial score (nSPS) is 15.1. The Morgan fingerprint density at radius 2 is 2.00 bits per heavy atom. The van der Waals surface area contributed by atoms with Gasteiger partial charge in [-0.25, -0.2) is 9.97 Å². The standard InChI is InChI=1S/C26H24ClN5O2/c1-16-7-19(13-28-11-16)14-33-24-6-4-20(10-22(24)27)32-26-21-8-18(3-5-23(21)30-15-31-26)9-25-29-12-17(2)34-25/h3-8,10-11,13,15,17H,9,12,14H2,1-2H3,(H,30,31,32). The minimum absolute atomic E-state index is 0.140. The van der Waals surface area contributed by atoms with E-state index in [1.165, 1.54) is 0 Å². The van der Waals surface area contributed by atoms with Crippen molar-refractivity contribution in [2.75, 3.05) is 11.9 Å². The summed E-state index contributed by atoms with van der Waals surface area (Å²) in [4.78, 5) is 17.5. The van der Waals surface area contributed by atoms with Gasteiger partial charge >= 0.3 is 0 Å². The molecule has 0 radical (unpaired) electrons. The summed E-state index contributed by atoms with van der Waals surface area (Å²) in [7, 11) is 0. The number of aryl methyl sites for hydroxylation is 1. The summed E-state index contributed by atoms with van der Waals surface area (Å²) in [5, 5.41) is 4.78. The van der Waals surface area contributed by atoms with Gasteiger partial charge in [-0.15, -0.1) is 0 Å². The van der Waals surface area contributed by atoms with Crippen LogP contribution in [0.4, 0.5) is 11.5 Å². The molecule has 0 spiro atoms. The van der Waals surface area contributed by atoms with Crippen LogP contribution in [0, 0.1) is 6.92 Å². The largest absolute Gasteiger partial charge is 0.487 e. The maximum atomic E-state index is 6.50. The first-order chi connectivity index (χ1) is 16.5. The fourth-order valence-corrected chi connectivity index (χ4v) is 4.05. The molecule has 0 saturated heterocycles. The number of ether oxygens (including phenoxy) is 2. The number of hydrogen-bond donors (Lipinski definition) is 1. The highest BCUT2D eigenvalue weighted by Crippen LogP contribution is 2.31. The molecule has 172 valence electrons. The molecule has 2 aromatic carbocycles. The smallest absolute Gasteiger partial charge is 0.188 e. The van der Waals surface area contributed by atoms with Gasteiger partial charge in [0.1, 0.15) is 30.6 Å². The maximum absolute atomic E-state index is 6.50. The average molecular weight is 474 g/mol. The molecule has 7 nitrogen and oxygen atoms in total. The summed E-state index contributed by atoms with van der Waals surface area (Å²) in [6, 6.07) is 13.7. The summed E-state index contributed by atoms with van der Waals surface area (Å²) in [6.07, 6.45) is 5.93. The third-order valence-electron chi connectivity index (χ3n) is 5.44. The number of nitrogens with zero attached hydrogens (tertiary/aromatic N) is 4. The van der Waals surface area contributed by atoms with Gasteiger partial charge in [-0.2, -0.15) is 0 Å². The first-order valence-corrected chi connectivity index (χ1v) is 11.4. The second kappa shape index (κ2) is 9.65. The molecular formula is C26H24ClN5O2. The van der Waals surface area contributed by atoms with Gasteiger partial charge in [-0.1, -0.05) is 17.7 Å². The van der Waals surface area contributed by atoms with Crippen LogP contribution in [0.15, 0.2) is 66.2 Å². The van der Waals surface area contributed by atoms with Gasteiger partial charge < -0.3 is 14.8 Å². The van der Waals surface area contributed by atoms with Crippen LogP contribution in [0.3, 0.4) is 0 Å². The topological polar surface area (TPSA) is 81.5 Å². The lowest BCUT2D eigenvalue weighted by Crippen LogP contribution is -2.09. The van der Waals surface area contributed by atoms with Crippen molar-refractivity contribution in [2.45, 2.75) is 33.0 Å². The van der Waals surface area contributed by atoms with Crippen molar-refractivity contribution in [3.63, 3.8) is 0 Å². The van der Waals surface area contributed by atoms with Gasteiger partial charge in [0.05, 0.1) is 17.1 Å². The molecule has 1 unspecified atom stereocenters. The van der Waals surface area contributed by atoms with Crippen molar-refractivity contribution in [3.05, 3.63) is 82.9 Å². The summed E-state index contributed by atoms with van der Waals surface area (Å²) in [5.41, 5.74) is 4.82. The van der Waals surface area contributed by atoms with Gasteiger partial charge in [0.2, 0.25) is 0 Å². The van der Waals surface area contributed by atoms with Crippen LogP contribution in [0.1, 0.15) is 23.6 Å². The number of fused-ring (bicyclic) bond motifs is 1. The predicted octanol–water partition coefficient (Wildman–Crippen LogP) is 5.67. The summed E-state index contributed by atoms with van der Waals surface area (Å²) < 4.78 is 11.6. The Morgan fingerprint density at radius 1 is 1.09 bits per heavy atom. The van der Waals surface area contributed by atoms with Crippen LogP contribution in [0.2, 0.25) is 5.02 Å². The van der Waals surface area contributed by atoms with Crippen molar-refractivity contribution in [1.29, 1.82) is 0 Å². The molecule has 2 aromatic heterocycles. The number of hydrogen-bond acceptors (Lipinski definition) is 7. The van der Waals surface area contributed by atoms with Crippen LogP contribution in [0.25, 0.3) is 10.9 Å². The highest BCUT2D eigenvalue weighted by molar-refractivity contribution is 6.32. The Morgan fingerprint density at radius 3 is 2.79 bits per heavy atom. The summed E-state index contributed by atoms with van der Waals surface area (Å²) in [5.74, 6) is 2.07. The Kier molecular flexibility index (Phi) is 6.27. The van der Waals surface area contributed by atoms with Crippen molar-refractivity contribution >= 4 is 39.9 Å². The number of rotatable bonds is 7. The van der Waals surface area contributed by atoms with E-state index in [-0.39, 0.29) is 6.10 Å². The first kappa shape index (κ1) is 22.1. The predicted molar refractivity (Wildman–Crippen MR) is 134 cm³/mol. The van der Waals surface area contributed by atoms with Gasteiger partial charge in [0.25, 0.3) is 0 Å². The molecule has 1 aliphatic heterocycles. The second-order valence-electron chi connectivity index (χ2n) is 8.34. The Hall–Kier alpha value is -3.71. The summed E-state index contributed by atoms with van der Waals surface area (Å²) >= 11 is 6.50. The second-order valence-corrected chi connectivity index (χ2v) is 8.75. The molecule has 0 amide bonds. The Labute approximate surface area is 202 Å². The molecule has 0 bridgehead atoms. The van der Waals surface area contributed by atoms with E-state index in [1.54, 1.807) is 12.5 Å². The highest BCUT2D eigenvalue weighted by Gasteiger charge is 2.16. The Bertz CT molecular complexity index is 1370. The van der Waals surface area contributed by atoms with Crippen LogP contribution in [0.5, 0.6) is 5.75 Å². The molecule has 4 aromatic rings. The maximum Gasteiger partial charge on any atom is 0.188 e. The minimum Gasteiger partial charge on any atom is -0.487 e. The zero-order chi connectivity index (χ0) is 23.5. The van der Waals surface area contributed by atoms with Crippen LogP contribution in [-0.2, 0) is 17.8 Å². The van der Waals surface area contributed by atoms with Crippen molar-refractivity contribution in [2.24, 2.45) is 4.99 Å². The van der Waals surface area contributed by atoms with E-state index in [0.717, 1.165) is 39.2 Å². The van der Waals surface area contributed by atoms with E-state index >= 15 is 0 Å². The number of benzene rings is 2.